The lowest BCUT2D eigenvalue weighted by Gasteiger charge is -2.56. The van der Waals surface area contributed by atoms with E-state index in [9.17, 15) is 14.4 Å². The van der Waals surface area contributed by atoms with Crippen LogP contribution < -0.4 is 5.32 Å². The molecule has 2 aromatic carbocycles. The molecule has 0 aromatic heterocycles. The highest BCUT2D eigenvalue weighted by atomic mass is 32.2. The van der Waals surface area contributed by atoms with Crippen molar-refractivity contribution in [3.63, 3.8) is 0 Å². The molecular formula is C31H38N2O4S. The molecule has 0 radical (unpaired) electrons. The summed E-state index contributed by atoms with van der Waals surface area (Å²) in [5.41, 5.74) is 1.38. The molecule has 6 rings (SSSR count). The highest BCUT2D eigenvalue weighted by Gasteiger charge is 2.51. The maximum atomic E-state index is 13.0. The van der Waals surface area contributed by atoms with Gasteiger partial charge in [0.1, 0.15) is 0 Å². The maximum Gasteiger partial charge on any atom is 0.339 e. The number of carbonyl (C=O) groups excluding carboxylic acids is 3. The van der Waals surface area contributed by atoms with E-state index in [1.165, 1.54) is 31.0 Å². The Hall–Kier alpha value is -2.80. The van der Waals surface area contributed by atoms with Crippen LogP contribution in [0.1, 0.15) is 68.3 Å². The van der Waals surface area contributed by atoms with Crippen molar-refractivity contribution in [3.05, 3.63) is 65.7 Å². The molecule has 0 saturated heterocycles. The minimum Gasteiger partial charge on any atom is -0.452 e. The monoisotopic (exact) mass is 534 g/mol. The molecule has 4 fully saturated rings. The highest BCUT2D eigenvalue weighted by molar-refractivity contribution is 8.00. The quantitative estimate of drug-likeness (QED) is 0.324. The largest absolute Gasteiger partial charge is 0.452 e. The predicted octanol–water partition coefficient (Wildman–Crippen LogP) is 5.46. The first-order chi connectivity index (χ1) is 18.3. The zero-order valence-corrected chi connectivity index (χ0v) is 23.2. The Bertz CT molecular complexity index is 1130. The Morgan fingerprint density at radius 3 is 2.18 bits per heavy atom. The van der Waals surface area contributed by atoms with Gasteiger partial charge in [-0.3, -0.25) is 9.59 Å². The fraction of sp³-hybridized carbons (Fsp3) is 0.516. The first-order valence-electron chi connectivity index (χ1n) is 13.8. The molecule has 0 heterocycles. The van der Waals surface area contributed by atoms with Crippen molar-refractivity contribution in [2.75, 3.05) is 12.4 Å². The van der Waals surface area contributed by atoms with Crippen molar-refractivity contribution in [1.82, 2.24) is 10.2 Å². The number of ether oxygens (including phenoxy) is 1. The molecule has 6 nitrogen and oxygen atoms in total. The highest BCUT2D eigenvalue weighted by Crippen LogP contribution is 2.55. The van der Waals surface area contributed by atoms with Gasteiger partial charge < -0.3 is 15.0 Å². The van der Waals surface area contributed by atoms with Gasteiger partial charge in [0, 0.05) is 23.0 Å². The van der Waals surface area contributed by atoms with Crippen LogP contribution in [0.4, 0.5) is 0 Å². The molecule has 4 saturated carbocycles. The SMILES string of the molecule is CC(C)N(Cc1ccccc1)C(=O)COC(=O)c1ccccc1SCC(=O)NC12CC3CC(CC(C3)C1)C2. The van der Waals surface area contributed by atoms with E-state index in [1.807, 2.05) is 56.3 Å². The number of benzene rings is 2. The number of hydrogen-bond acceptors (Lipinski definition) is 5. The van der Waals surface area contributed by atoms with Gasteiger partial charge in [0.2, 0.25) is 5.91 Å². The zero-order valence-electron chi connectivity index (χ0n) is 22.4. The van der Waals surface area contributed by atoms with Crippen LogP contribution in [0.5, 0.6) is 0 Å². The fourth-order valence-electron chi connectivity index (χ4n) is 7.13. The van der Waals surface area contributed by atoms with E-state index in [1.54, 1.807) is 17.0 Å². The van der Waals surface area contributed by atoms with Crippen molar-refractivity contribution in [2.45, 2.75) is 75.4 Å². The van der Waals surface area contributed by atoms with Crippen LogP contribution in [0.3, 0.4) is 0 Å². The third-order valence-corrected chi connectivity index (χ3v) is 9.45. The minimum atomic E-state index is -0.550. The maximum absolute atomic E-state index is 13.0. The third kappa shape index (κ3) is 6.25. The summed E-state index contributed by atoms with van der Waals surface area (Å²) in [5, 5.41) is 3.40. The van der Waals surface area contributed by atoms with Gasteiger partial charge in [-0.25, -0.2) is 4.79 Å². The molecule has 202 valence electrons. The number of amides is 2. The second kappa shape index (κ2) is 11.5. The van der Waals surface area contributed by atoms with E-state index in [0.717, 1.165) is 42.6 Å². The molecule has 4 bridgehead atoms. The molecule has 7 heteroatoms. The lowest BCUT2D eigenvalue weighted by Crippen LogP contribution is -2.60. The van der Waals surface area contributed by atoms with Gasteiger partial charge in [-0.2, -0.15) is 0 Å². The van der Waals surface area contributed by atoms with Gasteiger partial charge in [-0.05, 0) is 87.8 Å². The summed E-state index contributed by atoms with van der Waals surface area (Å²) in [6.07, 6.45) is 7.35. The molecule has 0 unspecified atom stereocenters. The third-order valence-electron chi connectivity index (χ3n) is 8.37. The van der Waals surface area contributed by atoms with E-state index in [4.69, 9.17) is 4.74 Å². The van der Waals surface area contributed by atoms with Crippen molar-refractivity contribution in [2.24, 2.45) is 17.8 Å². The molecule has 1 N–H and O–H groups in total. The van der Waals surface area contributed by atoms with Crippen LogP contribution in [0.15, 0.2) is 59.5 Å². The summed E-state index contributed by atoms with van der Waals surface area (Å²) in [6, 6.07) is 16.9. The zero-order chi connectivity index (χ0) is 26.7. The van der Waals surface area contributed by atoms with E-state index in [2.05, 4.69) is 5.32 Å². The average Bonchev–Trinajstić information content (AvgIpc) is 2.88. The van der Waals surface area contributed by atoms with Gasteiger partial charge in [0.05, 0.1) is 11.3 Å². The fourth-order valence-corrected chi connectivity index (χ4v) is 7.97. The van der Waals surface area contributed by atoms with Crippen molar-refractivity contribution in [3.8, 4) is 0 Å². The van der Waals surface area contributed by atoms with Gasteiger partial charge in [-0.15, -0.1) is 11.8 Å². The van der Waals surface area contributed by atoms with Crippen molar-refractivity contribution in [1.29, 1.82) is 0 Å². The molecule has 0 atom stereocenters. The van der Waals surface area contributed by atoms with Crippen molar-refractivity contribution < 1.29 is 19.1 Å². The minimum absolute atomic E-state index is 0.0206. The molecule has 4 aliphatic carbocycles. The summed E-state index contributed by atoms with van der Waals surface area (Å²) in [6.45, 7) is 4.03. The smallest absolute Gasteiger partial charge is 0.339 e. The molecule has 4 aliphatic rings. The van der Waals surface area contributed by atoms with Gasteiger partial charge in [0.25, 0.3) is 5.91 Å². The normalized spacial score (nSPS) is 25.3. The number of hydrogen-bond donors (Lipinski definition) is 1. The number of nitrogens with one attached hydrogen (secondary N) is 1. The Labute approximate surface area is 229 Å². The number of nitrogens with zero attached hydrogens (tertiary/aromatic N) is 1. The number of esters is 1. The Morgan fingerprint density at radius 2 is 1.55 bits per heavy atom. The molecular weight excluding hydrogens is 496 g/mol. The molecule has 0 spiro atoms. The number of rotatable bonds is 10. The second-order valence-corrected chi connectivity index (χ2v) is 12.7. The van der Waals surface area contributed by atoms with Gasteiger partial charge in [0.15, 0.2) is 6.61 Å². The van der Waals surface area contributed by atoms with E-state index < -0.39 is 5.97 Å². The number of thioether (sulfide) groups is 1. The lowest BCUT2D eigenvalue weighted by molar-refractivity contribution is -0.137. The topological polar surface area (TPSA) is 75.7 Å². The van der Waals surface area contributed by atoms with Crippen LogP contribution in [0.25, 0.3) is 0 Å². The average molecular weight is 535 g/mol. The first-order valence-corrected chi connectivity index (χ1v) is 14.8. The standard InChI is InChI=1S/C31H38N2O4S/c1-21(2)33(18-22-8-4-3-5-9-22)29(35)19-37-30(36)26-10-6-7-11-27(26)38-20-28(34)32-31-15-23-12-24(16-31)14-25(13-23)17-31/h3-11,21,23-25H,12-20H2,1-2H3,(H,32,34). The lowest BCUT2D eigenvalue weighted by atomic mass is 9.53. The Morgan fingerprint density at radius 1 is 0.947 bits per heavy atom. The van der Waals surface area contributed by atoms with Crippen molar-refractivity contribution >= 4 is 29.5 Å². The summed E-state index contributed by atoms with van der Waals surface area (Å²) >= 11 is 1.35. The van der Waals surface area contributed by atoms with Gasteiger partial charge >= 0.3 is 5.97 Å². The van der Waals surface area contributed by atoms with Crippen LogP contribution in [0, 0.1) is 17.8 Å². The predicted molar refractivity (Wildman–Crippen MR) is 149 cm³/mol. The van der Waals surface area contributed by atoms with E-state index in [0.29, 0.717) is 17.0 Å². The van der Waals surface area contributed by atoms with Crippen LogP contribution in [-0.2, 0) is 20.9 Å². The molecule has 38 heavy (non-hydrogen) atoms. The van der Waals surface area contributed by atoms with Crippen LogP contribution >= 0.6 is 11.8 Å². The summed E-state index contributed by atoms with van der Waals surface area (Å²) in [4.78, 5) is 41.3. The Kier molecular flexibility index (Phi) is 8.12. The molecule has 2 aromatic rings. The number of carbonyl (C=O) groups is 3. The first kappa shape index (κ1) is 26.8. The molecule has 0 aliphatic heterocycles. The summed E-state index contributed by atoms with van der Waals surface area (Å²) in [7, 11) is 0. The summed E-state index contributed by atoms with van der Waals surface area (Å²) < 4.78 is 5.45. The second-order valence-electron chi connectivity index (χ2n) is 11.7. The van der Waals surface area contributed by atoms with Crippen LogP contribution in [-0.4, -0.2) is 46.6 Å². The van der Waals surface area contributed by atoms with E-state index >= 15 is 0 Å². The molecule has 2 amide bonds. The Balaban J connectivity index is 1.15. The van der Waals surface area contributed by atoms with Gasteiger partial charge in [-0.1, -0.05) is 42.5 Å². The summed E-state index contributed by atoms with van der Waals surface area (Å²) in [5.74, 6) is 1.81. The van der Waals surface area contributed by atoms with Crippen LogP contribution in [0.2, 0.25) is 0 Å². The van der Waals surface area contributed by atoms with E-state index in [-0.39, 0.29) is 35.8 Å².